The zero-order chi connectivity index (χ0) is 24.0. The number of esters is 1. The maximum atomic E-state index is 13.2. The van der Waals surface area contributed by atoms with Crippen molar-refractivity contribution in [2.24, 2.45) is 5.92 Å². The van der Waals surface area contributed by atoms with E-state index < -0.39 is 46.1 Å². The van der Waals surface area contributed by atoms with Gasteiger partial charge in [-0.3, -0.25) is 9.59 Å². The maximum Gasteiger partial charge on any atom is 0.309 e. The number of carbonyl (C=O) groups is 2. The van der Waals surface area contributed by atoms with Gasteiger partial charge in [0.25, 0.3) is 5.91 Å². The van der Waals surface area contributed by atoms with Gasteiger partial charge in [0.1, 0.15) is 17.4 Å². The number of ether oxygens (including phenoxy) is 2. The van der Waals surface area contributed by atoms with Gasteiger partial charge in [0.15, 0.2) is 6.61 Å². The van der Waals surface area contributed by atoms with Gasteiger partial charge in [-0.2, -0.15) is 4.31 Å². The van der Waals surface area contributed by atoms with Crippen LogP contribution >= 0.6 is 0 Å². The van der Waals surface area contributed by atoms with Crippen molar-refractivity contribution >= 4 is 27.6 Å². The Kier molecular flexibility index (Phi) is 7.98. The van der Waals surface area contributed by atoms with Gasteiger partial charge in [-0.05, 0) is 56.2 Å². The minimum absolute atomic E-state index is 0.0960. The lowest BCUT2D eigenvalue weighted by atomic mass is 9.98. The molecular weight excluding hydrogens is 458 g/mol. The predicted molar refractivity (Wildman–Crippen MR) is 115 cm³/mol. The molecule has 0 unspecified atom stereocenters. The van der Waals surface area contributed by atoms with Gasteiger partial charge in [-0.15, -0.1) is 0 Å². The lowest BCUT2D eigenvalue weighted by Crippen LogP contribution is -2.40. The van der Waals surface area contributed by atoms with Crippen LogP contribution in [0.4, 0.5) is 14.5 Å². The van der Waals surface area contributed by atoms with Crippen LogP contribution in [0.15, 0.2) is 47.4 Å². The van der Waals surface area contributed by atoms with Crippen molar-refractivity contribution in [3.63, 3.8) is 0 Å². The molecule has 1 amide bonds. The standard InChI is InChI=1S/C22H24F2N2O6S/c1-2-31-19-3-5-20(6-4-19)33(29,30)26-9-7-15(8-10-26)22(28)32-14-21(27)25-18-12-16(23)11-17(24)13-18/h3-6,11-13,15H,2,7-10,14H2,1H3,(H,25,27). The second kappa shape index (κ2) is 10.7. The number of hydrogen-bond acceptors (Lipinski definition) is 6. The van der Waals surface area contributed by atoms with Crippen LogP contribution in [0, 0.1) is 17.6 Å². The molecule has 1 fully saturated rings. The molecule has 0 atom stereocenters. The van der Waals surface area contributed by atoms with E-state index in [9.17, 15) is 26.8 Å². The maximum absolute atomic E-state index is 13.2. The lowest BCUT2D eigenvalue weighted by molar-refractivity contribution is -0.152. The van der Waals surface area contributed by atoms with E-state index in [1.165, 1.54) is 16.4 Å². The molecule has 0 bridgehead atoms. The first-order chi connectivity index (χ1) is 15.7. The van der Waals surface area contributed by atoms with Gasteiger partial charge in [-0.25, -0.2) is 17.2 Å². The Bertz CT molecular complexity index is 1080. The summed E-state index contributed by atoms with van der Waals surface area (Å²) in [4.78, 5) is 24.3. The van der Waals surface area contributed by atoms with Crippen molar-refractivity contribution in [1.29, 1.82) is 0 Å². The zero-order valence-corrected chi connectivity index (χ0v) is 18.7. The largest absolute Gasteiger partial charge is 0.494 e. The molecule has 1 heterocycles. The Morgan fingerprint density at radius 2 is 1.67 bits per heavy atom. The van der Waals surface area contributed by atoms with Crippen molar-refractivity contribution in [2.75, 3.05) is 31.6 Å². The van der Waals surface area contributed by atoms with Crippen molar-refractivity contribution in [3.05, 3.63) is 54.1 Å². The number of nitrogens with one attached hydrogen (secondary N) is 1. The normalized spacial score (nSPS) is 15.1. The molecule has 11 heteroatoms. The highest BCUT2D eigenvalue weighted by Crippen LogP contribution is 2.26. The van der Waals surface area contributed by atoms with Crippen LogP contribution in [0.1, 0.15) is 19.8 Å². The number of hydrogen-bond donors (Lipinski definition) is 1. The van der Waals surface area contributed by atoms with Gasteiger partial charge in [-0.1, -0.05) is 0 Å². The summed E-state index contributed by atoms with van der Waals surface area (Å²) in [5, 5.41) is 2.25. The Morgan fingerprint density at radius 3 is 2.24 bits per heavy atom. The molecule has 0 aromatic heterocycles. The van der Waals surface area contributed by atoms with Gasteiger partial charge >= 0.3 is 5.97 Å². The molecule has 0 saturated carbocycles. The Balaban J connectivity index is 1.48. The minimum Gasteiger partial charge on any atom is -0.494 e. The van der Waals surface area contributed by atoms with Gasteiger partial charge < -0.3 is 14.8 Å². The number of rotatable bonds is 8. The van der Waals surface area contributed by atoms with E-state index in [2.05, 4.69) is 5.32 Å². The number of piperidine rings is 1. The quantitative estimate of drug-likeness (QED) is 0.581. The molecule has 33 heavy (non-hydrogen) atoms. The fourth-order valence-electron chi connectivity index (χ4n) is 3.43. The molecule has 1 saturated heterocycles. The van der Waals surface area contributed by atoms with Crippen LogP contribution in [-0.2, 0) is 24.3 Å². The molecule has 2 aromatic carbocycles. The lowest BCUT2D eigenvalue weighted by Gasteiger charge is -2.30. The first kappa shape index (κ1) is 24.6. The number of benzene rings is 2. The SMILES string of the molecule is CCOc1ccc(S(=O)(=O)N2CCC(C(=O)OCC(=O)Nc3cc(F)cc(F)c3)CC2)cc1. The third-order valence-corrected chi connectivity index (χ3v) is 6.96. The topological polar surface area (TPSA) is 102 Å². The number of amides is 1. The van der Waals surface area contributed by atoms with Crippen molar-refractivity contribution in [1.82, 2.24) is 4.31 Å². The molecule has 178 valence electrons. The minimum atomic E-state index is -3.71. The third-order valence-electron chi connectivity index (χ3n) is 5.05. The van der Waals surface area contributed by atoms with Crippen LogP contribution in [-0.4, -0.2) is 50.9 Å². The fraction of sp³-hybridized carbons (Fsp3) is 0.364. The summed E-state index contributed by atoms with van der Waals surface area (Å²) >= 11 is 0. The van der Waals surface area contributed by atoms with Crippen LogP contribution in [0.3, 0.4) is 0 Å². The molecule has 1 aliphatic rings. The summed E-state index contributed by atoms with van der Waals surface area (Å²) in [5.41, 5.74) is -0.0960. The Labute approximate surface area is 190 Å². The van der Waals surface area contributed by atoms with Crippen LogP contribution < -0.4 is 10.1 Å². The van der Waals surface area contributed by atoms with Crippen LogP contribution in [0.2, 0.25) is 0 Å². The summed E-state index contributed by atoms with van der Waals surface area (Å²) in [6, 6.07) is 8.66. The number of anilines is 1. The predicted octanol–water partition coefficient (Wildman–Crippen LogP) is 2.95. The highest BCUT2D eigenvalue weighted by molar-refractivity contribution is 7.89. The number of nitrogens with zero attached hydrogens (tertiary/aromatic N) is 1. The average Bonchev–Trinajstić information content (AvgIpc) is 2.77. The Hall–Kier alpha value is -3.05. The van der Waals surface area contributed by atoms with E-state index in [0.29, 0.717) is 18.4 Å². The Morgan fingerprint density at radius 1 is 1.06 bits per heavy atom. The van der Waals surface area contributed by atoms with Gasteiger partial charge in [0.05, 0.1) is 17.4 Å². The van der Waals surface area contributed by atoms with Crippen molar-refractivity contribution in [2.45, 2.75) is 24.7 Å². The second-order valence-electron chi connectivity index (χ2n) is 7.40. The van der Waals surface area contributed by atoms with E-state index >= 15 is 0 Å². The molecule has 1 aliphatic heterocycles. The molecule has 1 N–H and O–H groups in total. The van der Waals surface area contributed by atoms with E-state index in [1.54, 1.807) is 12.1 Å². The monoisotopic (exact) mass is 482 g/mol. The summed E-state index contributed by atoms with van der Waals surface area (Å²) < 4.78 is 63.6. The van der Waals surface area contributed by atoms with E-state index in [1.807, 2.05) is 6.92 Å². The molecule has 3 rings (SSSR count). The molecule has 0 spiro atoms. The van der Waals surface area contributed by atoms with E-state index in [0.717, 1.165) is 12.1 Å². The molecule has 8 nitrogen and oxygen atoms in total. The second-order valence-corrected chi connectivity index (χ2v) is 9.33. The first-order valence-corrected chi connectivity index (χ1v) is 11.8. The molecule has 0 radical (unpaired) electrons. The van der Waals surface area contributed by atoms with Gasteiger partial charge in [0.2, 0.25) is 10.0 Å². The smallest absolute Gasteiger partial charge is 0.309 e. The third kappa shape index (κ3) is 6.48. The van der Waals surface area contributed by atoms with Crippen molar-refractivity contribution < 1.29 is 36.3 Å². The summed E-state index contributed by atoms with van der Waals surface area (Å²) in [6.45, 7) is 1.94. The van der Waals surface area contributed by atoms with Gasteiger partial charge in [0, 0.05) is 24.8 Å². The fourth-order valence-corrected chi connectivity index (χ4v) is 4.90. The highest BCUT2D eigenvalue weighted by atomic mass is 32.2. The molecule has 0 aliphatic carbocycles. The van der Waals surface area contributed by atoms with E-state index in [-0.39, 0.29) is 36.5 Å². The highest BCUT2D eigenvalue weighted by Gasteiger charge is 2.33. The summed E-state index contributed by atoms with van der Waals surface area (Å²) in [6.07, 6.45) is 0.484. The number of halogens is 2. The zero-order valence-electron chi connectivity index (χ0n) is 17.9. The first-order valence-electron chi connectivity index (χ1n) is 10.3. The van der Waals surface area contributed by atoms with Crippen molar-refractivity contribution in [3.8, 4) is 5.75 Å². The number of carbonyl (C=O) groups excluding carboxylic acids is 2. The summed E-state index contributed by atoms with van der Waals surface area (Å²) in [7, 11) is -3.71. The van der Waals surface area contributed by atoms with Crippen LogP contribution in [0.5, 0.6) is 5.75 Å². The van der Waals surface area contributed by atoms with E-state index in [4.69, 9.17) is 9.47 Å². The van der Waals surface area contributed by atoms with Crippen LogP contribution in [0.25, 0.3) is 0 Å². The average molecular weight is 483 g/mol. The molecular formula is C22H24F2N2O6S. The number of sulfonamides is 1. The summed E-state index contributed by atoms with van der Waals surface area (Å²) in [5.74, 6) is -3.07. The molecule has 2 aromatic rings.